The van der Waals surface area contributed by atoms with E-state index in [2.05, 4.69) is 18.2 Å². The number of benzene rings is 1. The summed E-state index contributed by atoms with van der Waals surface area (Å²) >= 11 is 0. The summed E-state index contributed by atoms with van der Waals surface area (Å²) in [4.78, 5) is 0. The zero-order valence-electron chi connectivity index (χ0n) is 9.33. The van der Waals surface area contributed by atoms with Gasteiger partial charge < -0.3 is 4.74 Å². The van der Waals surface area contributed by atoms with Crippen LogP contribution in [0.5, 0.6) is 5.75 Å². The zero-order valence-corrected chi connectivity index (χ0v) is 10.3. The second-order valence-corrected chi connectivity index (χ2v) is 5.82. The molecule has 1 aliphatic carbocycles. The van der Waals surface area contributed by atoms with E-state index < -0.39 is 0 Å². The molecule has 2 radical (unpaired) electrons. The maximum Gasteiger partial charge on any atom is 0.117 e. The fraction of sp³-hybridized carbons (Fsp3) is 0.538. The van der Waals surface area contributed by atoms with E-state index in [9.17, 15) is 0 Å². The molecule has 0 aliphatic heterocycles. The van der Waals surface area contributed by atoms with Gasteiger partial charge in [0.1, 0.15) is 5.75 Å². The second-order valence-electron chi connectivity index (χ2n) is 4.18. The summed E-state index contributed by atoms with van der Waals surface area (Å²) in [5.74, 6) is 1.07. The van der Waals surface area contributed by atoms with Gasteiger partial charge in [0.15, 0.2) is 0 Å². The summed E-state index contributed by atoms with van der Waals surface area (Å²) < 4.78 is 5.39. The van der Waals surface area contributed by atoms with Gasteiger partial charge in [-0.3, -0.25) is 0 Å². The first-order valence-corrected chi connectivity index (χ1v) is 6.87. The lowest BCUT2D eigenvalue weighted by Crippen LogP contribution is -2.22. The lowest BCUT2D eigenvalue weighted by Gasteiger charge is -2.21. The van der Waals surface area contributed by atoms with Gasteiger partial charge in [-0.05, 0) is 16.8 Å². The molecule has 0 atom stereocenters. The molecule has 0 bridgehead atoms. The first kappa shape index (κ1) is 10.7. The van der Waals surface area contributed by atoms with Crippen LogP contribution in [0.15, 0.2) is 24.3 Å². The van der Waals surface area contributed by atoms with Crippen molar-refractivity contribution in [2.75, 3.05) is 7.11 Å². The molecule has 0 N–H and O–H groups in total. The SMILES string of the molecule is COc1ccccc1[Si]C1CCCCC1. The summed E-state index contributed by atoms with van der Waals surface area (Å²) in [5.41, 5.74) is 0.912. The summed E-state index contributed by atoms with van der Waals surface area (Å²) in [5, 5.41) is 1.41. The summed E-state index contributed by atoms with van der Waals surface area (Å²) in [7, 11) is 2.70. The zero-order chi connectivity index (χ0) is 10.5. The van der Waals surface area contributed by atoms with Crippen molar-refractivity contribution < 1.29 is 4.74 Å². The molecule has 0 amide bonds. The Morgan fingerprint density at radius 1 is 1.13 bits per heavy atom. The van der Waals surface area contributed by atoms with E-state index in [1.807, 2.05) is 6.07 Å². The highest BCUT2D eigenvalue weighted by molar-refractivity contribution is 6.56. The first-order valence-electron chi connectivity index (χ1n) is 5.79. The molecule has 80 valence electrons. The van der Waals surface area contributed by atoms with Crippen molar-refractivity contribution in [3.8, 4) is 5.75 Å². The molecule has 0 saturated heterocycles. The smallest absolute Gasteiger partial charge is 0.117 e. The Morgan fingerprint density at radius 2 is 1.87 bits per heavy atom. The van der Waals surface area contributed by atoms with Crippen LogP contribution in [0.3, 0.4) is 0 Å². The number of hydrogen-bond donors (Lipinski definition) is 0. The number of ether oxygens (including phenoxy) is 1. The monoisotopic (exact) mass is 218 g/mol. The Labute approximate surface area is 94.7 Å². The van der Waals surface area contributed by atoms with Crippen LogP contribution >= 0.6 is 0 Å². The van der Waals surface area contributed by atoms with E-state index in [1.165, 1.54) is 37.3 Å². The fourth-order valence-electron chi connectivity index (χ4n) is 2.23. The van der Waals surface area contributed by atoms with E-state index in [4.69, 9.17) is 4.74 Å². The van der Waals surface area contributed by atoms with Crippen molar-refractivity contribution in [2.24, 2.45) is 0 Å². The van der Waals surface area contributed by atoms with Gasteiger partial charge in [0.25, 0.3) is 0 Å². The van der Waals surface area contributed by atoms with Gasteiger partial charge >= 0.3 is 0 Å². The molecule has 1 saturated carbocycles. The molecule has 0 aromatic heterocycles. The van der Waals surface area contributed by atoms with Crippen LogP contribution in [0.1, 0.15) is 32.1 Å². The number of hydrogen-bond acceptors (Lipinski definition) is 1. The van der Waals surface area contributed by atoms with Crippen LogP contribution in [0, 0.1) is 0 Å². The molecule has 15 heavy (non-hydrogen) atoms. The predicted octanol–water partition coefficient (Wildman–Crippen LogP) is 2.78. The highest BCUT2D eigenvalue weighted by atomic mass is 28.2. The van der Waals surface area contributed by atoms with E-state index >= 15 is 0 Å². The van der Waals surface area contributed by atoms with Gasteiger partial charge in [0, 0.05) is 0 Å². The maximum atomic E-state index is 5.39. The minimum absolute atomic E-state index is 0.912. The van der Waals surface area contributed by atoms with Crippen molar-refractivity contribution >= 4 is 14.7 Å². The van der Waals surface area contributed by atoms with Gasteiger partial charge in [-0.15, -0.1) is 0 Å². The fourth-order valence-corrected chi connectivity index (χ4v) is 3.89. The molecule has 0 heterocycles. The average Bonchev–Trinajstić information content (AvgIpc) is 2.31. The molecular weight excluding hydrogens is 200 g/mol. The third-order valence-electron chi connectivity index (χ3n) is 3.07. The number of methoxy groups -OCH3 is 1. The van der Waals surface area contributed by atoms with Crippen molar-refractivity contribution in [1.29, 1.82) is 0 Å². The van der Waals surface area contributed by atoms with Gasteiger partial charge in [0.2, 0.25) is 0 Å². The molecule has 0 spiro atoms. The number of rotatable bonds is 3. The van der Waals surface area contributed by atoms with E-state index in [0.29, 0.717) is 0 Å². The molecule has 1 fully saturated rings. The third kappa shape index (κ3) is 2.85. The Kier molecular flexibility index (Phi) is 3.84. The predicted molar refractivity (Wildman–Crippen MR) is 65.2 cm³/mol. The maximum absolute atomic E-state index is 5.39. The number of para-hydroxylation sites is 1. The quantitative estimate of drug-likeness (QED) is 0.709. The highest BCUT2D eigenvalue weighted by Gasteiger charge is 2.16. The third-order valence-corrected chi connectivity index (χ3v) is 4.78. The Bertz CT molecular complexity index is 305. The largest absolute Gasteiger partial charge is 0.497 e. The Balaban J connectivity index is 2.02. The van der Waals surface area contributed by atoms with Crippen molar-refractivity contribution in [2.45, 2.75) is 37.6 Å². The molecular formula is C13H18OSi. The van der Waals surface area contributed by atoms with E-state index in [1.54, 1.807) is 7.11 Å². The molecule has 1 aliphatic rings. The van der Waals surface area contributed by atoms with Crippen LogP contribution in [0.4, 0.5) is 0 Å². The second kappa shape index (κ2) is 5.36. The van der Waals surface area contributed by atoms with Gasteiger partial charge in [-0.2, -0.15) is 0 Å². The van der Waals surface area contributed by atoms with Gasteiger partial charge in [-0.25, -0.2) is 0 Å². The average molecular weight is 218 g/mol. The summed E-state index contributed by atoms with van der Waals surface area (Å²) in [6, 6.07) is 8.46. The minimum Gasteiger partial charge on any atom is -0.497 e. The van der Waals surface area contributed by atoms with Crippen molar-refractivity contribution in [1.82, 2.24) is 0 Å². The standard InChI is InChI=1S/C13H18OSi/c1-14-12-9-5-6-10-13(12)15-11-7-3-2-4-8-11/h5-6,9-11H,2-4,7-8H2,1H3. The normalized spacial score (nSPS) is 17.7. The summed E-state index contributed by atoms with van der Waals surface area (Å²) in [6.45, 7) is 0. The first-order chi connectivity index (χ1) is 7.40. The van der Waals surface area contributed by atoms with Gasteiger partial charge in [-0.1, -0.05) is 50.3 Å². The van der Waals surface area contributed by atoms with Crippen LogP contribution in [-0.2, 0) is 0 Å². The van der Waals surface area contributed by atoms with Crippen LogP contribution < -0.4 is 9.92 Å². The van der Waals surface area contributed by atoms with Crippen LogP contribution in [0.25, 0.3) is 0 Å². The van der Waals surface area contributed by atoms with Crippen molar-refractivity contribution in [3.63, 3.8) is 0 Å². The van der Waals surface area contributed by atoms with Crippen molar-refractivity contribution in [3.05, 3.63) is 24.3 Å². The van der Waals surface area contributed by atoms with Crippen LogP contribution in [0.2, 0.25) is 5.54 Å². The Hall–Kier alpha value is -0.763. The molecule has 2 rings (SSSR count). The van der Waals surface area contributed by atoms with Gasteiger partial charge in [0.05, 0.1) is 16.6 Å². The molecule has 2 heteroatoms. The molecule has 1 aromatic carbocycles. The van der Waals surface area contributed by atoms with E-state index in [-0.39, 0.29) is 0 Å². The minimum atomic E-state index is 0.912. The topological polar surface area (TPSA) is 9.23 Å². The Morgan fingerprint density at radius 3 is 2.60 bits per heavy atom. The molecule has 0 unspecified atom stereocenters. The van der Waals surface area contributed by atoms with Crippen LogP contribution in [-0.4, -0.2) is 16.6 Å². The summed E-state index contributed by atoms with van der Waals surface area (Å²) in [6.07, 6.45) is 7.11. The molecule has 1 aromatic rings. The van der Waals surface area contributed by atoms with E-state index in [0.717, 1.165) is 20.8 Å². The highest BCUT2D eigenvalue weighted by Crippen LogP contribution is 2.28. The molecule has 1 nitrogen and oxygen atoms in total. The lowest BCUT2D eigenvalue weighted by atomic mass is 10.0. The lowest BCUT2D eigenvalue weighted by molar-refractivity contribution is 0.418.